The van der Waals surface area contributed by atoms with Gasteiger partial charge < -0.3 is 14.4 Å². The fourth-order valence-corrected chi connectivity index (χ4v) is 5.76. The summed E-state index contributed by atoms with van der Waals surface area (Å²) in [7, 11) is -3.58. The summed E-state index contributed by atoms with van der Waals surface area (Å²) in [5.74, 6) is -0.115. The lowest BCUT2D eigenvalue weighted by Crippen LogP contribution is -2.37. The van der Waals surface area contributed by atoms with Crippen LogP contribution in [0.5, 0.6) is 5.75 Å². The van der Waals surface area contributed by atoms with E-state index in [1.165, 1.54) is 4.31 Å². The fraction of sp³-hybridized carbons (Fsp3) is 0.391. The van der Waals surface area contributed by atoms with E-state index in [1.54, 1.807) is 41.2 Å². The highest BCUT2D eigenvalue weighted by molar-refractivity contribution is 7.89. The number of hydrogen-bond acceptors (Lipinski definition) is 5. The summed E-state index contributed by atoms with van der Waals surface area (Å²) in [5.41, 5.74) is 1.83. The van der Waals surface area contributed by atoms with Crippen molar-refractivity contribution in [2.45, 2.75) is 50.2 Å². The molecule has 170 valence electrons. The Balaban J connectivity index is 1.50. The van der Waals surface area contributed by atoms with Crippen LogP contribution in [0.25, 0.3) is 10.9 Å². The molecular weight excluding hydrogens is 430 g/mol. The summed E-state index contributed by atoms with van der Waals surface area (Å²) in [5, 5.41) is 10.2. The summed E-state index contributed by atoms with van der Waals surface area (Å²) in [4.78, 5) is 15.6. The molecule has 0 spiro atoms. The van der Waals surface area contributed by atoms with Crippen LogP contribution in [-0.4, -0.2) is 52.5 Å². The van der Waals surface area contributed by atoms with Crippen molar-refractivity contribution in [3.8, 4) is 5.75 Å². The number of aliphatic carboxylic acids is 1. The molecule has 0 aliphatic carbocycles. The third-order valence-corrected chi connectivity index (χ3v) is 7.66. The number of rotatable bonds is 7. The Bertz CT molecular complexity index is 1210. The number of carboxylic acid groups (broad SMARTS) is 1. The zero-order chi connectivity index (χ0) is 22.9. The quantitative estimate of drug-likeness (QED) is 0.583. The molecular formula is C23H27N3O5S. The minimum atomic E-state index is -3.58. The van der Waals surface area contributed by atoms with Crippen LogP contribution in [0.2, 0.25) is 0 Å². The summed E-state index contributed by atoms with van der Waals surface area (Å²) in [6.45, 7) is 4.53. The summed E-state index contributed by atoms with van der Waals surface area (Å²) < 4.78 is 35.0. The smallest absolute Gasteiger partial charge is 0.323 e. The maximum atomic E-state index is 13.1. The highest BCUT2D eigenvalue weighted by Gasteiger charge is 2.31. The average Bonchev–Trinajstić information content (AvgIpc) is 3.12. The Kier molecular flexibility index (Phi) is 6.21. The minimum absolute atomic E-state index is 0.0220. The van der Waals surface area contributed by atoms with Gasteiger partial charge in [-0.05, 0) is 68.5 Å². The number of ether oxygens (including phenoxy) is 1. The number of sulfonamides is 1. The Morgan fingerprint density at radius 3 is 2.50 bits per heavy atom. The molecule has 0 bridgehead atoms. The molecule has 1 aliphatic rings. The second kappa shape index (κ2) is 8.91. The van der Waals surface area contributed by atoms with Crippen molar-refractivity contribution in [3.05, 3.63) is 54.5 Å². The van der Waals surface area contributed by atoms with Crippen molar-refractivity contribution in [1.82, 2.24) is 13.9 Å². The number of pyridine rings is 1. The molecule has 2 aromatic heterocycles. The van der Waals surface area contributed by atoms with Gasteiger partial charge >= 0.3 is 5.97 Å². The van der Waals surface area contributed by atoms with Crippen LogP contribution in [-0.2, 0) is 21.4 Å². The van der Waals surface area contributed by atoms with Crippen LogP contribution < -0.4 is 4.74 Å². The summed E-state index contributed by atoms with van der Waals surface area (Å²) in [6, 6.07) is 8.44. The molecule has 0 unspecified atom stereocenters. The monoisotopic (exact) mass is 457 g/mol. The van der Waals surface area contributed by atoms with Gasteiger partial charge in [0.15, 0.2) is 0 Å². The first kappa shape index (κ1) is 22.3. The third-order valence-electron chi connectivity index (χ3n) is 5.75. The second-order valence-electron chi connectivity index (χ2n) is 8.32. The van der Waals surface area contributed by atoms with E-state index >= 15 is 0 Å². The van der Waals surface area contributed by atoms with Crippen LogP contribution in [0, 0.1) is 0 Å². The normalized spacial score (nSPS) is 16.0. The summed E-state index contributed by atoms with van der Waals surface area (Å²) in [6.07, 6.45) is 6.61. The van der Waals surface area contributed by atoms with Gasteiger partial charge in [0.25, 0.3) is 0 Å². The molecule has 9 heteroatoms. The molecule has 4 rings (SSSR count). The van der Waals surface area contributed by atoms with E-state index in [9.17, 15) is 18.3 Å². The van der Waals surface area contributed by atoms with Crippen molar-refractivity contribution in [2.75, 3.05) is 13.1 Å². The number of hydrogen-bond donors (Lipinski definition) is 1. The van der Waals surface area contributed by atoms with Crippen LogP contribution in [0.3, 0.4) is 0 Å². The van der Waals surface area contributed by atoms with E-state index < -0.39 is 16.0 Å². The lowest BCUT2D eigenvalue weighted by Gasteiger charge is -2.31. The van der Waals surface area contributed by atoms with Crippen LogP contribution in [0.4, 0.5) is 0 Å². The first-order chi connectivity index (χ1) is 15.3. The molecule has 32 heavy (non-hydrogen) atoms. The van der Waals surface area contributed by atoms with Gasteiger partial charge in [0.05, 0.1) is 22.7 Å². The first-order valence-corrected chi connectivity index (χ1v) is 12.1. The van der Waals surface area contributed by atoms with E-state index in [0.29, 0.717) is 31.7 Å². The number of aromatic nitrogens is 2. The molecule has 0 atom stereocenters. The molecule has 8 nitrogen and oxygen atoms in total. The highest BCUT2D eigenvalue weighted by atomic mass is 32.2. The van der Waals surface area contributed by atoms with Crippen molar-refractivity contribution < 1.29 is 23.1 Å². The van der Waals surface area contributed by atoms with Gasteiger partial charge in [-0.3, -0.25) is 9.78 Å². The molecule has 0 amide bonds. The molecule has 0 radical (unpaired) electrons. The van der Waals surface area contributed by atoms with Crippen molar-refractivity contribution >= 4 is 26.9 Å². The van der Waals surface area contributed by atoms with Crippen LogP contribution in [0.15, 0.2) is 53.8 Å². The van der Waals surface area contributed by atoms with Crippen molar-refractivity contribution in [1.29, 1.82) is 0 Å². The molecule has 1 N–H and O–H groups in total. The van der Waals surface area contributed by atoms with Gasteiger partial charge in [0.2, 0.25) is 10.0 Å². The zero-order valence-corrected chi connectivity index (χ0v) is 19.0. The molecule has 1 aliphatic heterocycles. The van der Waals surface area contributed by atoms with E-state index in [-0.39, 0.29) is 23.5 Å². The Labute approximate surface area is 187 Å². The van der Waals surface area contributed by atoms with Gasteiger partial charge in [-0.2, -0.15) is 4.31 Å². The molecule has 1 saturated heterocycles. The minimum Gasteiger partial charge on any atom is -0.491 e. The number of carbonyl (C=O) groups is 1. The SMILES string of the molecule is CC(C)Oc1ccc(S(=O)(=O)N2CCC(c3cn(CC(=O)O)c4cnccc34)CC2)cc1. The average molecular weight is 458 g/mol. The fourth-order valence-electron chi connectivity index (χ4n) is 4.29. The number of piperidine rings is 1. The van der Waals surface area contributed by atoms with E-state index in [2.05, 4.69) is 4.98 Å². The first-order valence-electron chi connectivity index (χ1n) is 10.7. The molecule has 3 heterocycles. The largest absolute Gasteiger partial charge is 0.491 e. The zero-order valence-electron chi connectivity index (χ0n) is 18.1. The standard InChI is InChI=1S/C23H27N3O5S/c1-16(2)31-18-3-5-19(6-4-18)32(29,30)26-11-8-17(9-12-26)21-14-25(15-23(27)28)22-13-24-10-7-20(21)22/h3-7,10,13-14,16-17H,8-9,11-12,15H2,1-2H3,(H,27,28). The maximum absolute atomic E-state index is 13.1. The van der Waals surface area contributed by atoms with E-state index in [0.717, 1.165) is 16.5 Å². The van der Waals surface area contributed by atoms with Gasteiger partial charge in [0.1, 0.15) is 12.3 Å². The molecule has 1 aromatic carbocycles. The molecule has 3 aromatic rings. The van der Waals surface area contributed by atoms with E-state index in [4.69, 9.17) is 4.74 Å². The predicted octanol–water partition coefficient (Wildman–Crippen LogP) is 3.48. The summed E-state index contributed by atoms with van der Waals surface area (Å²) >= 11 is 0. The van der Waals surface area contributed by atoms with Gasteiger partial charge in [-0.25, -0.2) is 8.42 Å². The molecule has 1 fully saturated rings. The third kappa shape index (κ3) is 4.49. The highest BCUT2D eigenvalue weighted by Crippen LogP contribution is 2.35. The van der Waals surface area contributed by atoms with Gasteiger partial charge in [-0.1, -0.05) is 0 Å². The Hall–Kier alpha value is -2.91. The molecule has 0 saturated carbocycles. The van der Waals surface area contributed by atoms with Crippen LogP contribution >= 0.6 is 0 Å². The van der Waals surface area contributed by atoms with Crippen molar-refractivity contribution in [2.24, 2.45) is 0 Å². The number of nitrogens with zero attached hydrogens (tertiary/aromatic N) is 3. The number of benzene rings is 1. The van der Waals surface area contributed by atoms with Gasteiger partial charge in [0, 0.05) is 30.9 Å². The number of fused-ring (bicyclic) bond motifs is 1. The Morgan fingerprint density at radius 1 is 1.19 bits per heavy atom. The predicted molar refractivity (Wildman–Crippen MR) is 120 cm³/mol. The van der Waals surface area contributed by atoms with E-state index in [1.807, 2.05) is 26.1 Å². The second-order valence-corrected chi connectivity index (χ2v) is 10.3. The van der Waals surface area contributed by atoms with Gasteiger partial charge in [-0.15, -0.1) is 0 Å². The maximum Gasteiger partial charge on any atom is 0.323 e. The lowest BCUT2D eigenvalue weighted by atomic mass is 9.90. The number of carboxylic acids is 1. The Morgan fingerprint density at radius 2 is 1.88 bits per heavy atom. The van der Waals surface area contributed by atoms with Crippen molar-refractivity contribution in [3.63, 3.8) is 0 Å². The van der Waals surface area contributed by atoms with Crippen LogP contribution in [0.1, 0.15) is 38.2 Å². The topological polar surface area (TPSA) is 102 Å². The lowest BCUT2D eigenvalue weighted by molar-refractivity contribution is -0.137.